The molecule has 0 N–H and O–H groups in total. The number of thioether (sulfide) groups is 1. The molecule has 104 valence electrons. The van der Waals surface area contributed by atoms with E-state index in [9.17, 15) is 0 Å². The first-order valence-corrected chi connectivity index (χ1v) is 7.63. The number of rotatable bonds is 8. The van der Waals surface area contributed by atoms with E-state index < -0.39 is 0 Å². The van der Waals surface area contributed by atoms with Gasteiger partial charge in [0.25, 0.3) is 0 Å². The fourth-order valence-electron chi connectivity index (χ4n) is 1.79. The van der Waals surface area contributed by atoms with E-state index in [0.717, 1.165) is 31.1 Å². The summed E-state index contributed by atoms with van der Waals surface area (Å²) in [5.41, 5.74) is 0. The first-order chi connectivity index (χ1) is 9.28. The Hall–Kier alpha value is -1.34. The molecule has 2 aromatic rings. The van der Waals surface area contributed by atoms with Crippen molar-refractivity contribution < 1.29 is 4.52 Å². The second-order valence-corrected chi connectivity index (χ2v) is 5.26. The van der Waals surface area contributed by atoms with Crippen molar-refractivity contribution >= 4 is 11.8 Å². The minimum atomic E-state index is 0.686. The van der Waals surface area contributed by atoms with Gasteiger partial charge in [-0.2, -0.15) is 21.8 Å². The molecule has 0 fully saturated rings. The van der Waals surface area contributed by atoms with Crippen LogP contribution in [-0.4, -0.2) is 44.7 Å². The predicted molar refractivity (Wildman–Crippen MR) is 74.7 cm³/mol. The van der Waals surface area contributed by atoms with Crippen molar-refractivity contribution in [2.45, 2.75) is 25.3 Å². The summed E-state index contributed by atoms with van der Waals surface area (Å²) in [5, 5.41) is 8.11. The second kappa shape index (κ2) is 7.30. The lowest BCUT2D eigenvalue weighted by atomic mass is 10.4. The SMILES string of the molecule is CSCc1noc(CN(C)CCCn2cccn2)n1. The maximum Gasteiger partial charge on any atom is 0.240 e. The van der Waals surface area contributed by atoms with Gasteiger partial charge < -0.3 is 4.52 Å². The van der Waals surface area contributed by atoms with Gasteiger partial charge >= 0.3 is 0 Å². The number of aryl methyl sites for hydroxylation is 1. The van der Waals surface area contributed by atoms with Crippen molar-refractivity contribution in [3.63, 3.8) is 0 Å². The molecule has 0 amide bonds. The normalized spacial score (nSPS) is 11.3. The van der Waals surface area contributed by atoms with Gasteiger partial charge in [-0.15, -0.1) is 0 Å². The molecule has 0 radical (unpaired) electrons. The van der Waals surface area contributed by atoms with Crippen LogP contribution in [0.5, 0.6) is 0 Å². The molecule has 2 heterocycles. The van der Waals surface area contributed by atoms with Gasteiger partial charge in [-0.1, -0.05) is 5.16 Å². The van der Waals surface area contributed by atoms with Crippen LogP contribution in [0.25, 0.3) is 0 Å². The Balaban J connectivity index is 1.69. The Morgan fingerprint density at radius 1 is 1.47 bits per heavy atom. The molecule has 2 aromatic heterocycles. The summed E-state index contributed by atoms with van der Waals surface area (Å²) >= 11 is 1.69. The second-order valence-electron chi connectivity index (χ2n) is 4.40. The molecular weight excluding hydrogens is 262 g/mol. The third kappa shape index (κ3) is 4.68. The first-order valence-electron chi connectivity index (χ1n) is 6.24. The van der Waals surface area contributed by atoms with Gasteiger partial charge in [-0.3, -0.25) is 9.58 Å². The average molecular weight is 281 g/mol. The Morgan fingerprint density at radius 3 is 3.11 bits per heavy atom. The highest BCUT2D eigenvalue weighted by Crippen LogP contribution is 2.07. The van der Waals surface area contributed by atoms with Crippen molar-refractivity contribution in [3.8, 4) is 0 Å². The van der Waals surface area contributed by atoms with Gasteiger partial charge in [0.1, 0.15) is 0 Å². The molecule has 19 heavy (non-hydrogen) atoms. The molecule has 0 aliphatic heterocycles. The van der Waals surface area contributed by atoms with E-state index in [4.69, 9.17) is 4.52 Å². The standard InChI is InChI=1S/C12H19N5OS/c1-16(6-4-8-17-7-3-5-13-17)9-12-14-11(10-19-2)15-18-12/h3,5,7H,4,6,8-10H2,1-2H3. The van der Waals surface area contributed by atoms with Crippen LogP contribution in [0.4, 0.5) is 0 Å². The number of nitrogens with zero attached hydrogens (tertiary/aromatic N) is 5. The zero-order valence-corrected chi connectivity index (χ0v) is 12.1. The van der Waals surface area contributed by atoms with Crippen LogP contribution in [0.3, 0.4) is 0 Å². The molecule has 0 atom stereocenters. The summed E-state index contributed by atoms with van der Waals surface area (Å²) in [6.07, 6.45) is 6.85. The summed E-state index contributed by atoms with van der Waals surface area (Å²) in [7, 11) is 2.06. The summed E-state index contributed by atoms with van der Waals surface area (Å²) in [6, 6.07) is 1.94. The van der Waals surface area contributed by atoms with Gasteiger partial charge in [0.15, 0.2) is 5.82 Å². The number of hydrogen-bond acceptors (Lipinski definition) is 6. The highest BCUT2D eigenvalue weighted by molar-refractivity contribution is 7.97. The summed E-state index contributed by atoms with van der Waals surface area (Å²) in [5.74, 6) is 2.25. The topological polar surface area (TPSA) is 60.0 Å². The quantitative estimate of drug-likeness (QED) is 0.733. The zero-order chi connectivity index (χ0) is 13.5. The smallest absolute Gasteiger partial charge is 0.240 e. The van der Waals surface area contributed by atoms with Gasteiger partial charge in [0.05, 0.1) is 12.3 Å². The fraction of sp³-hybridized carbons (Fsp3) is 0.583. The van der Waals surface area contributed by atoms with Gasteiger partial charge in [-0.05, 0) is 25.8 Å². The molecule has 0 saturated carbocycles. The molecule has 0 aliphatic rings. The van der Waals surface area contributed by atoms with Crippen LogP contribution in [0.1, 0.15) is 18.1 Å². The molecule has 0 saturated heterocycles. The first kappa shape index (κ1) is 14.1. The van der Waals surface area contributed by atoms with Crippen molar-refractivity contribution in [3.05, 3.63) is 30.2 Å². The van der Waals surface area contributed by atoms with E-state index in [-0.39, 0.29) is 0 Å². The highest BCUT2D eigenvalue weighted by atomic mass is 32.2. The molecule has 0 spiro atoms. The van der Waals surface area contributed by atoms with Crippen LogP contribution in [0.2, 0.25) is 0 Å². The lowest BCUT2D eigenvalue weighted by molar-refractivity contribution is 0.259. The van der Waals surface area contributed by atoms with Gasteiger partial charge in [0, 0.05) is 25.5 Å². The van der Waals surface area contributed by atoms with Gasteiger partial charge in [-0.25, -0.2) is 0 Å². The molecule has 6 nitrogen and oxygen atoms in total. The maximum absolute atomic E-state index is 5.21. The Kier molecular flexibility index (Phi) is 5.41. The van der Waals surface area contributed by atoms with Crippen LogP contribution < -0.4 is 0 Å². The summed E-state index contributed by atoms with van der Waals surface area (Å²) in [6.45, 7) is 2.60. The summed E-state index contributed by atoms with van der Waals surface area (Å²) < 4.78 is 7.15. The van der Waals surface area contributed by atoms with E-state index in [2.05, 4.69) is 27.2 Å². The predicted octanol–water partition coefficient (Wildman–Crippen LogP) is 1.65. The van der Waals surface area contributed by atoms with Gasteiger partial charge in [0.2, 0.25) is 5.89 Å². The summed E-state index contributed by atoms with van der Waals surface area (Å²) in [4.78, 5) is 6.52. The molecule has 0 aliphatic carbocycles. The lowest BCUT2D eigenvalue weighted by Gasteiger charge is -2.13. The molecule has 0 aromatic carbocycles. The average Bonchev–Trinajstić information content (AvgIpc) is 3.02. The molecular formula is C12H19N5OS. The molecule has 2 rings (SSSR count). The Labute approximate surface area is 117 Å². The maximum atomic E-state index is 5.21. The lowest BCUT2D eigenvalue weighted by Crippen LogP contribution is -2.20. The van der Waals surface area contributed by atoms with E-state index in [0.29, 0.717) is 12.4 Å². The van der Waals surface area contributed by atoms with Crippen molar-refractivity contribution in [1.82, 2.24) is 24.8 Å². The van der Waals surface area contributed by atoms with Crippen molar-refractivity contribution in [1.29, 1.82) is 0 Å². The third-order valence-electron chi connectivity index (χ3n) is 2.68. The molecule has 0 bridgehead atoms. The third-order valence-corrected chi connectivity index (χ3v) is 3.22. The van der Waals surface area contributed by atoms with E-state index in [1.165, 1.54) is 0 Å². The minimum absolute atomic E-state index is 0.686. The monoisotopic (exact) mass is 281 g/mol. The van der Waals surface area contributed by atoms with E-state index >= 15 is 0 Å². The molecule has 0 unspecified atom stereocenters. The number of aromatic nitrogens is 4. The Bertz CT molecular complexity index is 470. The van der Waals surface area contributed by atoms with Crippen LogP contribution in [0.15, 0.2) is 23.0 Å². The van der Waals surface area contributed by atoms with Crippen molar-refractivity contribution in [2.24, 2.45) is 0 Å². The minimum Gasteiger partial charge on any atom is -0.338 e. The highest BCUT2D eigenvalue weighted by Gasteiger charge is 2.08. The van der Waals surface area contributed by atoms with E-state index in [1.54, 1.807) is 18.0 Å². The van der Waals surface area contributed by atoms with Crippen LogP contribution in [-0.2, 0) is 18.8 Å². The molecule has 7 heteroatoms. The number of hydrogen-bond donors (Lipinski definition) is 0. The van der Waals surface area contributed by atoms with Crippen LogP contribution >= 0.6 is 11.8 Å². The van der Waals surface area contributed by atoms with Crippen molar-refractivity contribution in [2.75, 3.05) is 19.8 Å². The Morgan fingerprint density at radius 2 is 2.37 bits per heavy atom. The fourth-order valence-corrected chi connectivity index (χ4v) is 2.16. The zero-order valence-electron chi connectivity index (χ0n) is 11.3. The van der Waals surface area contributed by atoms with Crippen LogP contribution in [0, 0.1) is 0 Å². The largest absolute Gasteiger partial charge is 0.338 e. The van der Waals surface area contributed by atoms with E-state index in [1.807, 2.05) is 23.2 Å².